The second-order valence-electron chi connectivity index (χ2n) is 18.8. The van der Waals surface area contributed by atoms with E-state index in [0.717, 1.165) is 0 Å². The first-order valence-electron chi connectivity index (χ1n) is 23.1. The Hall–Kier alpha value is -7.76. The van der Waals surface area contributed by atoms with Gasteiger partial charge in [0.25, 0.3) is 0 Å². The Kier molecular flexibility index (Phi) is 7.63. The minimum atomic E-state index is -0.260. The zero-order chi connectivity index (χ0) is 44.1. The number of hydrogen-bond donors (Lipinski definition) is 0. The van der Waals surface area contributed by atoms with E-state index >= 15 is 0 Å². The predicted molar refractivity (Wildman–Crippen MR) is 292 cm³/mol. The third-order valence-corrected chi connectivity index (χ3v) is 16.8. The van der Waals surface area contributed by atoms with Gasteiger partial charge in [0.15, 0.2) is 0 Å². The summed E-state index contributed by atoms with van der Waals surface area (Å²) in [5.74, 6) is 0. The van der Waals surface area contributed by atoms with Crippen LogP contribution in [0.1, 0.15) is 25.0 Å². The number of hydrogen-bond acceptors (Lipinski definition) is 4. The highest BCUT2D eigenvalue weighted by Gasteiger charge is 2.37. The van der Waals surface area contributed by atoms with Crippen molar-refractivity contribution >= 4 is 142 Å². The van der Waals surface area contributed by atoms with Gasteiger partial charge in [-0.05, 0) is 169 Å². The molecule has 15 rings (SSSR count). The van der Waals surface area contributed by atoms with Crippen molar-refractivity contribution in [3.8, 4) is 11.1 Å². The van der Waals surface area contributed by atoms with Crippen molar-refractivity contribution in [3.63, 3.8) is 0 Å². The summed E-state index contributed by atoms with van der Waals surface area (Å²) < 4.78 is 0. The van der Waals surface area contributed by atoms with Crippen LogP contribution < -0.4 is 9.80 Å². The van der Waals surface area contributed by atoms with E-state index in [0.29, 0.717) is 0 Å². The Morgan fingerprint density at radius 3 is 1.07 bits per heavy atom. The maximum Gasteiger partial charge on any atom is 0.0999 e. The van der Waals surface area contributed by atoms with Crippen LogP contribution in [0, 0.1) is 0 Å². The number of anilines is 6. The van der Waals surface area contributed by atoms with E-state index in [4.69, 9.17) is 0 Å². The van der Waals surface area contributed by atoms with Gasteiger partial charge >= 0.3 is 0 Å². The van der Waals surface area contributed by atoms with E-state index < -0.39 is 0 Å². The molecule has 0 saturated heterocycles. The van der Waals surface area contributed by atoms with Crippen LogP contribution in [-0.4, -0.2) is 0 Å². The highest BCUT2D eigenvalue weighted by atomic mass is 32.1. The molecule has 0 fully saturated rings. The molecule has 2 heterocycles. The maximum absolute atomic E-state index is 2.49. The van der Waals surface area contributed by atoms with Gasteiger partial charge in [0, 0.05) is 27.6 Å². The lowest BCUT2D eigenvalue weighted by molar-refractivity contribution is 0.660. The quantitative estimate of drug-likeness (QED) is 0.121. The van der Waals surface area contributed by atoms with Crippen LogP contribution in [0.4, 0.5) is 32.8 Å². The van der Waals surface area contributed by atoms with E-state index in [1.807, 2.05) is 0 Å². The third kappa shape index (κ3) is 5.09. The molecule has 67 heavy (non-hydrogen) atoms. The summed E-state index contributed by atoms with van der Waals surface area (Å²) in [5.41, 5.74) is 9.77. The number of thiophene rings is 2. The van der Waals surface area contributed by atoms with Gasteiger partial charge in [0.05, 0.1) is 21.4 Å². The molecule has 314 valence electrons. The second kappa shape index (κ2) is 13.6. The smallest absolute Gasteiger partial charge is 0.0999 e. The summed E-state index contributed by atoms with van der Waals surface area (Å²) in [6.45, 7) is 4.83. The average molecular weight is 889 g/mol. The largest absolute Gasteiger partial charge is 0.301 e. The van der Waals surface area contributed by atoms with Crippen molar-refractivity contribution < 1.29 is 0 Å². The maximum atomic E-state index is 2.49. The van der Waals surface area contributed by atoms with Gasteiger partial charge in [-0.15, -0.1) is 22.7 Å². The van der Waals surface area contributed by atoms with Gasteiger partial charge < -0.3 is 9.80 Å². The fourth-order valence-corrected chi connectivity index (χ4v) is 13.7. The molecule has 4 heteroatoms. The molecule has 0 atom stereocenters. The van der Waals surface area contributed by atoms with Gasteiger partial charge in [-0.25, -0.2) is 0 Å². The zero-order valence-electron chi connectivity index (χ0n) is 36.8. The molecular formula is C63H40N2S2. The first-order valence-corrected chi connectivity index (χ1v) is 24.9. The van der Waals surface area contributed by atoms with Crippen LogP contribution in [0.2, 0.25) is 0 Å². The summed E-state index contributed by atoms with van der Waals surface area (Å²) >= 11 is 3.58. The van der Waals surface area contributed by atoms with Crippen molar-refractivity contribution in [2.45, 2.75) is 19.3 Å². The summed E-state index contributed by atoms with van der Waals surface area (Å²) in [7, 11) is 0. The fraction of sp³-hybridized carbons (Fsp3) is 0.0476. The summed E-state index contributed by atoms with van der Waals surface area (Å²) in [5, 5.41) is 27.7. The van der Waals surface area contributed by atoms with Crippen LogP contribution in [0.25, 0.3) is 97.3 Å². The van der Waals surface area contributed by atoms with Gasteiger partial charge in [-0.3, -0.25) is 0 Å². The Morgan fingerprint density at radius 2 is 0.687 bits per heavy atom. The molecule has 2 aromatic heterocycles. The van der Waals surface area contributed by atoms with Crippen LogP contribution in [0.15, 0.2) is 205 Å². The molecule has 12 aromatic carbocycles. The molecule has 14 aromatic rings. The number of rotatable bonds is 6. The molecule has 0 spiro atoms. The second-order valence-corrected chi connectivity index (χ2v) is 20.6. The molecule has 0 N–H and O–H groups in total. The van der Waals surface area contributed by atoms with E-state index in [1.54, 1.807) is 22.7 Å². The Labute approximate surface area is 395 Å². The summed E-state index contributed by atoms with van der Waals surface area (Å²) in [4.78, 5) is 4.99. The minimum absolute atomic E-state index is 0.260. The van der Waals surface area contributed by atoms with E-state index in [-0.39, 0.29) is 5.41 Å². The van der Waals surface area contributed by atoms with Gasteiger partial charge in [-0.2, -0.15) is 0 Å². The van der Waals surface area contributed by atoms with E-state index in [9.17, 15) is 0 Å². The van der Waals surface area contributed by atoms with Crippen molar-refractivity contribution in [2.24, 2.45) is 0 Å². The van der Waals surface area contributed by atoms with Crippen LogP contribution >= 0.6 is 22.7 Å². The van der Waals surface area contributed by atoms with Crippen molar-refractivity contribution in [1.82, 2.24) is 0 Å². The molecule has 0 radical (unpaired) electrons. The zero-order valence-corrected chi connectivity index (χ0v) is 38.5. The van der Waals surface area contributed by atoms with Crippen molar-refractivity contribution in [2.75, 3.05) is 9.80 Å². The molecule has 0 aliphatic heterocycles. The highest BCUT2D eigenvalue weighted by molar-refractivity contribution is 7.14. The van der Waals surface area contributed by atoms with Crippen molar-refractivity contribution in [1.29, 1.82) is 0 Å². The van der Waals surface area contributed by atoms with Crippen LogP contribution in [-0.2, 0) is 5.41 Å². The lowest BCUT2D eigenvalue weighted by atomic mass is 9.82. The van der Waals surface area contributed by atoms with E-state index in [2.05, 4.69) is 229 Å². The van der Waals surface area contributed by atoms with Gasteiger partial charge in [-0.1, -0.05) is 147 Å². The minimum Gasteiger partial charge on any atom is -0.301 e. The summed E-state index contributed by atoms with van der Waals surface area (Å²) in [6, 6.07) is 73.4. The Morgan fingerprint density at radius 1 is 0.328 bits per heavy atom. The molecule has 0 saturated carbocycles. The highest BCUT2D eigenvalue weighted by Crippen LogP contribution is 2.55. The SMILES string of the molecule is CC1(C)c2cc(N(c3cccs3)c3ccc4c5cccc6cccc(c7cccc3c74)c65)ccc2-c2ccc(N(c3cccs3)c3ccc4c5cccc6cccc(c7cccc3c74)c65)cc21. The first-order chi connectivity index (χ1) is 33.0. The summed E-state index contributed by atoms with van der Waals surface area (Å²) in [6.07, 6.45) is 0. The molecule has 1 aliphatic rings. The third-order valence-electron chi connectivity index (χ3n) is 15.1. The average Bonchev–Trinajstić information content (AvgIpc) is 4.15. The first kappa shape index (κ1) is 37.5. The standard InChI is InChI=1S/C63H40N2S2/c1-63(2)53-35-39(64(57-23-9-33-66-57)55-31-29-49-45-17-5-13-37-11-3-15-43(59(37)45)47-19-7-21-51(55)61(47)49)25-27-41(53)42-28-26-40(36-54(42)63)65(58-24-10-34-67-58)56-32-30-50-46-18-6-14-38-12-4-16-44(60(38)46)48-20-8-22-52(56)62(48)50/h3-36H,1-2H3. The van der Waals surface area contributed by atoms with Crippen LogP contribution in [0.5, 0.6) is 0 Å². The molecule has 0 bridgehead atoms. The number of fused-ring (bicyclic) bond motifs is 7. The molecule has 1 aliphatic carbocycles. The topological polar surface area (TPSA) is 6.48 Å². The molecule has 2 nitrogen and oxygen atoms in total. The monoisotopic (exact) mass is 888 g/mol. The molecule has 0 unspecified atom stereocenters. The molecule has 0 amide bonds. The normalized spacial score (nSPS) is 13.3. The van der Waals surface area contributed by atoms with E-state index in [1.165, 1.54) is 141 Å². The predicted octanol–water partition coefficient (Wildman–Crippen LogP) is 19.2. The fourth-order valence-electron chi connectivity index (χ4n) is 12.2. The Balaban J connectivity index is 0.885. The Bertz CT molecular complexity index is 3940. The van der Waals surface area contributed by atoms with Crippen LogP contribution in [0.3, 0.4) is 0 Å². The van der Waals surface area contributed by atoms with Gasteiger partial charge in [0.2, 0.25) is 0 Å². The number of nitrogens with zero attached hydrogens (tertiary/aromatic N) is 2. The lowest BCUT2D eigenvalue weighted by Crippen LogP contribution is -2.17. The number of benzene rings is 12. The van der Waals surface area contributed by atoms with Crippen molar-refractivity contribution in [3.05, 3.63) is 216 Å². The van der Waals surface area contributed by atoms with Gasteiger partial charge in [0.1, 0.15) is 0 Å². The lowest BCUT2D eigenvalue weighted by Gasteiger charge is -2.29. The molecular weight excluding hydrogens is 849 g/mol.